The number of imidazole rings is 2. The summed E-state index contributed by atoms with van der Waals surface area (Å²) in [7, 11) is 0. The van der Waals surface area contributed by atoms with Gasteiger partial charge in [-0.05, 0) is 6.92 Å². The van der Waals surface area contributed by atoms with Crippen LogP contribution in [0, 0.1) is 6.92 Å². The van der Waals surface area contributed by atoms with E-state index in [9.17, 15) is 9.13 Å². The van der Waals surface area contributed by atoms with Gasteiger partial charge in [-0.1, -0.05) is 24.5 Å². The summed E-state index contributed by atoms with van der Waals surface area (Å²) in [6.07, 6.45) is -7.70. The lowest BCUT2D eigenvalue weighted by molar-refractivity contribution is -0.0544. The number of ether oxygens (including phenoxy) is 2. The predicted molar refractivity (Wildman–Crippen MR) is 152 cm³/mol. The van der Waals surface area contributed by atoms with E-state index in [4.69, 9.17) is 33.3 Å². The number of hydrogen-bond acceptors (Lipinski definition) is 15. The van der Waals surface area contributed by atoms with Crippen molar-refractivity contribution in [2.24, 2.45) is 0 Å². The molecule has 17 nitrogen and oxygen atoms in total. The van der Waals surface area contributed by atoms with Crippen molar-refractivity contribution in [3.05, 3.63) is 31.0 Å². The highest BCUT2D eigenvalue weighted by molar-refractivity contribution is 8.44. The number of fused-ring (bicyclic) bond motifs is 4. The number of nitrogens with zero attached hydrogens (tertiary/aromatic N) is 8. The number of nitrogen functional groups attached to an aromatic ring is 1. The molecule has 44 heavy (non-hydrogen) atoms. The van der Waals surface area contributed by atoms with E-state index in [1.165, 1.54) is 28.1 Å². The van der Waals surface area contributed by atoms with Crippen LogP contribution >= 0.6 is 38.1 Å². The van der Waals surface area contributed by atoms with Gasteiger partial charge in [0.1, 0.15) is 48.1 Å². The summed E-state index contributed by atoms with van der Waals surface area (Å²) in [6, 6.07) is 0. The Morgan fingerprint density at radius 1 is 0.795 bits per heavy atom. The van der Waals surface area contributed by atoms with Crippen molar-refractivity contribution in [1.82, 2.24) is 39.0 Å². The summed E-state index contributed by atoms with van der Waals surface area (Å²) in [6.45, 7) is -8.29. The molecule has 0 radical (unpaired) electrons. The fourth-order valence-electron chi connectivity index (χ4n) is 5.27. The van der Waals surface area contributed by atoms with Gasteiger partial charge in [-0.25, -0.2) is 47.8 Å². The van der Waals surface area contributed by atoms with Crippen molar-refractivity contribution >= 4 is 66.2 Å². The highest BCUT2D eigenvalue weighted by atomic mass is 32.7. The average Bonchev–Trinajstić information content (AvgIpc) is 3.73. The molecule has 0 spiro atoms. The van der Waals surface area contributed by atoms with Gasteiger partial charge in [0, 0.05) is 0 Å². The first kappa shape index (κ1) is 30.3. The smallest absolute Gasteiger partial charge is 0.382 e. The van der Waals surface area contributed by atoms with Gasteiger partial charge in [-0.3, -0.25) is 27.2 Å². The largest absolute Gasteiger partial charge is 0.386 e. The number of rotatable bonds is 2. The SMILES string of the molecule is Cc1ncnc2c1ncn2[C@@H]1O[C@@H]2CO[P@](=O)(S)O[C@H]3[C@@H](F)[C@H](n4cnc5c(N)ncnc54)O[C@@H]3CO[P@@](=O)(S)O[C@H]2[C@H]1F. The molecule has 0 aromatic carbocycles. The minimum Gasteiger partial charge on any atom is -0.382 e. The Balaban J connectivity index is 1.17. The zero-order valence-corrected chi connectivity index (χ0v) is 25.9. The maximum Gasteiger partial charge on any atom is 0.386 e. The molecular weight excluding hydrogens is 670 g/mol. The molecule has 23 heteroatoms. The number of alkyl halides is 2. The van der Waals surface area contributed by atoms with Gasteiger partial charge in [-0.2, -0.15) is 0 Å². The Kier molecular flexibility index (Phi) is 7.71. The first-order valence-electron chi connectivity index (χ1n) is 12.9. The molecule has 0 amide bonds. The van der Waals surface area contributed by atoms with Crippen LogP contribution in [-0.2, 0) is 36.7 Å². The van der Waals surface area contributed by atoms with Crippen molar-refractivity contribution < 1.29 is 45.5 Å². The molecule has 10 atom stereocenters. The fraction of sp³-hybridized carbons (Fsp3) is 0.524. The van der Waals surface area contributed by atoms with Crippen LogP contribution in [0.2, 0.25) is 0 Å². The molecular formula is C21H23F2N9O8P2S2. The van der Waals surface area contributed by atoms with E-state index in [1.807, 2.05) is 0 Å². The van der Waals surface area contributed by atoms with Gasteiger partial charge in [0.2, 0.25) is 0 Å². The second-order valence-electron chi connectivity index (χ2n) is 10.1. The Bertz CT molecular complexity index is 1710. The second kappa shape index (κ2) is 11.2. The van der Waals surface area contributed by atoms with E-state index >= 15 is 8.78 Å². The summed E-state index contributed by atoms with van der Waals surface area (Å²) in [5, 5.41) is 0. The van der Waals surface area contributed by atoms with Crippen LogP contribution < -0.4 is 5.73 Å². The minimum absolute atomic E-state index is 0.0560. The Labute approximate surface area is 256 Å². The lowest BCUT2D eigenvalue weighted by atomic mass is 10.1. The molecule has 3 saturated heterocycles. The summed E-state index contributed by atoms with van der Waals surface area (Å²) in [5.41, 5.74) is 7.41. The van der Waals surface area contributed by atoms with Crippen LogP contribution in [0.15, 0.2) is 25.3 Å². The number of aromatic nitrogens is 8. The summed E-state index contributed by atoms with van der Waals surface area (Å²) in [5.74, 6) is 0.0560. The number of hydrogen-bond donors (Lipinski definition) is 3. The van der Waals surface area contributed by atoms with Gasteiger partial charge in [-0.15, -0.1) is 0 Å². The Hall–Kier alpha value is -2.32. The Morgan fingerprint density at radius 3 is 1.82 bits per heavy atom. The predicted octanol–water partition coefficient (Wildman–Crippen LogP) is 2.92. The molecule has 0 bridgehead atoms. The van der Waals surface area contributed by atoms with Crippen LogP contribution in [0.4, 0.5) is 14.6 Å². The number of nitrogens with two attached hydrogens (primary N) is 1. The first-order valence-corrected chi connectivity index (χ1v) is 18.3. The zero-order valence-electron chi connectivity index (χ0n) is 22.3. The van der Waals surface area contributed by atoms with Gasteiger partial charge >= 0.3 is 13.6 Å². The van der Waals surface area contributed by atoms with Gasteiger partial charge < -0.3 is 15.2 Å². The van der Waals surface area contributed by atoms with E-state index in [0.29, 0.717) is 11.2 Å². The molecule has 3 aliphatic rings. The van der Waals surface area contributed by atoms with Crippen molar-refractivity contribution in [2.75, 3.05) is 18.9 Å². The minimum atomic E-state index is -4.37. The summed E-state index contributed by atoms with van der Waals surface area (Å²) in [4.78, 5) is 24.5. The number of thiol groups is 2. The van der Waals surface area contributed by atoms with Crippen LogP contribution in [0.5, 0.6) is 0 Å². The molecule has 2 N–H and O–H groups in total. The van der Waals surface area contributed by atoms with E-state index < -0.39 is 76.0 Å². The fourth-order valence-corrected chi connectivity index (χ4v) is 8.24. The zero-order chi connectivity index (χ0) is 31.0. The third-order valence-electron chi connectivity index (χ3n) is 7.32. The highest BCUT2D eigenvalue weighted by Gasteiger charge is 2.54. The van der Waals surface area contributed by atoms with Gasteiger partial charge in [0.25, 0.3) is 0 Å². The normalized spacial score (nSPS) is 38.3. The number of halogens is 2. The quantitative estimate of drug-likeness (QED) is 0.204. The van der Waals surface area contributed by atoms with Crippen molar-refractivity contribution in [3.8, 4) is 0 Å². The molecule has 236 valence electrons. The second-order valence-corrected chi connectivity index (χ2v) is 15.8. The van der Waals surface area contributed by atoms with Crippen LogP contribution in [-0.4, -0.2) is 89.0 Å². The lowest BCUT2D eigenvalue weighted by Gasteiger charge is -2.28. The van der Waals surface area contributed by atoms with Crippen LogP contribution in [0.3, 0.4) is 0 Å². The summed E-state index contributed by atoms with van der Waals surface area (Å²) < 4.78 is 94.7. The van der Waals surface area contributed by atoms with Crippen molar-refractivity contribution in [2.45, 2.75) is 56.1 Å². The van der Waals surface area contributed by atoms with Crippen LogP contribution in [0.25, 0.3) is 22.3 Å². The highest BCUT2D eigenvalue weighted by Crippen LogP contribution is 2.60. The maximum atomic E-state index is 16.0. The van der Waals surface area contributed by atoms with E-state index in [1.54, 1.807) is 6.92 Å². The van der Waals surface area contributed by atoms with E-state index in [0.717, 1.165) is 6.33 Å². The van der Waals surface area contributed by atoms with Gasteiger partial charge in [0.05, 0.1) is 31.6 Å². The lowest BCUT2D eigenvalue weighted by Crippen LogP contribution is -2.36. The van der Waals surface area contributed by atoms with Crippen LogP contribution in [0.1, 0.15) is 18.1 Å². The van der Waals surface area contributed by atoms with E-state index in [-0.39, 0.29) is 22.6 Å². The maximum absolute atomic E-state index is 16.0. The molecule has 4 aromatic rings. The number of anilines is 1. The van der Waals surface area contributed by atoms with E-state index in [2.05, 4.69) is 54.4 Å². The standard InChI is InChI=1S/C21H23F2N9O8P2S2/c1-8-13-18(27-4-25-8)31(6-29-13)20-11(22)15-9(37-20)2-35-42(34,44)40-16-10(3-36-41(33,43)39-15)38-21(12(16)23)32-7-30-14-17(24)26-5-28-19(14)32/h4-7,9-12,15-16,20-21H,2-3H2,1H3,(H,33,43)(H,34,44)(H2,24,26,28)/t9-,10-,11-,12-,15-,16-,20-,21-,41-,42+/m1/s1. The number of aryl methyl sites for hydroxylation is 1. The molecule has 0 unspecified atom stereocenters. The average molecular weight is 694 g/mol. The van der Waals surface area contributed by atoms with Crippen molar-refractivity contribution in [1.29, 1.82) is 0 Å². The monoisotopic (exact) mass is 693 g/mol. The molecule has 4 aromatic heterocycles. The molecule has 0 aliphatic carbocycles. The molecule has 7 rings (SSSR count). The summed E-state index contributed by atoms with van der Waals surface area (Å²) >= 11 is 8.02. The van der Waals surface area contributed by atoms with Gasteiger partial charge in [0.15, 0.2) is 41.9 Å². The first-order chi connectivity index (χ1) is 20.9. The topological polar surface area (TPSA) is 203 Å². The molecule has 7 heterocycles. The molecule has 0 saturated carbocycles. The third kappa shape index (κ3) is 5.32. The third-order valence-corrected chi connectivity index (χ3v) is 10.6. The molecule has 3 aliphatic heterocycles. The van der Waals surface area contributed by atoms with Crippen molar-refractivity contribution in [3.63, 3.8) is 0 Å². The molecule has 3 fully saturated rings. The Morgan fingerprint density at radius 2 is 1.27 bits per heavy atom.